The zero-order valence-electron chi connectivity index (χ0n) is 19.3. The summed E-state index contributed by atoms with van der Waals surface area (Å²) in [4.78, 5) is 37.1. The van der Waals surface area contributed by atoms with Crippen molar-refractivity contribution in [1.82, 2.24) is 10.4 Å². The first-order valence-corrected chi connectivity index (χ1v) is 10.5. The highest BCUT2D eigenvalue weighted by atomic mass is 16.6. The predicted octanol–water partition coefficient (Wildman–Crippen LogP) is 4.10. The molecule has 32 heavy (non-hydrogen) atoms. The summed E-state index contributed by atoms with van der Waals surface area (Å²) in [6.07, 6.45) is -0.505. The molecule has 0 saturated carbocycles. The van der Waals surface area contributed by atoms with Crippen molar-refractivity contribution >= 4 is 11.8 Å². The van der Waals surface area contributed by atoms with Crippen LogP contribution in [0.4, 0.5) is 0 Å². The molecule has 0 aromatic heterocycles. The van der Waals surface area contributed by atoms with Gasteiger partial charge >= 0.3 is 0 Å². The minimum atomic E-state index is -0.674. The van der Waals surface area contributed by atoms with Crippen LogP contribution in [0.5, 0.6) is 11.5 Å². The van der Waals surface area contributed by atoms with Crippen LogP contribution in [0.1, 0.15) is 58.2 Å². The fraction of sp³-hybridized carbons (Fsp3) is 0.417. The van der Waals surface area contributed by atoms with Gasteiger partial charge in [-0.3, -0.25) is 15.0 Å². The van der Waals surface area contributed by atoms with E-state index >= 15 is 0 Å². The first kappa shape index (κ1) is 23.2. The SMILES string of the molecule is Cc1cc(C)cc(C(=O)N(NC(=O)c2ccc3c(c2C)O[C@@H](CN=O)CO3)C(C)(C)C)c1. The number of hydrogen-bond donors (Lipinski definition) is 1. The maximum Gasteiger partial charge on any atom is 0.272 e. The van der Waals surface area contributed by atoms with E-state index < -0.39 is 17.6 Å². The van der Waals surface area contributed by atoms with Gasteiger partial charge in [-0.05, 0) is 65.8 Å². The third-order valence-electron chi connectivity index (χ3n) is 5.16. The minimum Gasteiger partial charge on any atom is -0.486 e. The number of carbonyl (C=O) groups excluding carboxylic acids is 2. The summed E-state index contributed by atoms with van der Waals surface area (Å²) in [7, 11) is 0. The van der Waals surface area contributed by atoms with Gasteiger partial charge in [-0.1, -0.05) is 22.4 Å². The summed E-state index contributed by atoms with van der Waals surface area (Å²) < 4.78 is 11.5. The summed E-state index contributed by atoms with van der Waals surface area (Å²) in [6, 6.07) is 8.87. The van der Waals surface area contributed by atoms with Gasteiger partial charge in [0.25, 0.3) is 11.8 Å². The van der Waals surface area contributed by atoms with E-state index in [1.807, 2.05) is 40.7 Å². The van der Waals surface area contributed by atoms with E-state index in [0.29, 0.717) is 28.2 Å². The molecule has 0 radical (unpaired) electrons. The monoisotopic (exact) mass is 439 g/mol. The van der Waals surface area contributed by atoms with E-state index in [2.05, 4.69) is 10.6 Å². The van der Waals surface area contributed by atoms with Crippen LogP contribution in [0.3, 0.4) is 0 Å². The molecule has 0 fully saturated rings. The van der Waals surface area contributed by atoms with E-state index in [1.54, 1.807) is 31.2 Å². The predicted molar refractivity (Wildman–Crippen MR) is 121 cm³/mol. The Bertz CT molecular complexity index is 1040. The lowest BCUT2D eigenvalue weighted by Gasteiger charge is -2.36. The van der Waals surface area contributed by atoms with E-state index in [9.17, 15) is 14.5 Å². The van der Waals surface area contributed by atoms with Crippen molar-refractivity contribution in [3.8, 4) is 11.5 Å². The molecule has 8 heteroatoms. The van der Waals surface area contributed by atoms with Crippen LogP contribution in [0.2, 0.25) is 0 Å². The number of amides is 2. The van der Waals surface area contributed by atoms with Crippen molar-refractivity contribution in [3.05, 3.63) is 63.1 Å². The molecule has 1 aliphatic heterocycles. The second-order valence-corrected chi connectivity index (χ2v) is 9.06. The van der Waals surface area contributed by atoms with Gasteiger partial charge in [0, 0.05) is 16.7 Å². The molecule has 2 aromatic rings. The van der Waals surface area contributed by atoms with Crippen molar-refractivity contribution in [1.29, 1.82) is 0 Å². The fourth-order valence-corrected chi connectivity index (χ4v) is 3.64. The van der Waals surface area contributed by atoms with E-state index in [0.717, 1.165) is 11.1 Å². The molecule has 1 aliphatic rings. The smallest absolute Gasteiger partial charge is 0.272 e. The average Bonchev–Trinajstić information content (AvgIpc) is 2.70. The van der Waals surface area contributed by atoms with Crippen molar-refractivity contribution in [2.45, 2.75) is 53.2 Å². The average molecular weight is 440 g/mol. The Balaban J connectivity index is 1.90. The van der Waals surface area contributed by atoms with Crippen LogP contribution >= 0.6 is 0 Å². The highest BCUT2D eigenvalue weighted by molar-refractivity contribution is 6.00. The zero-order chi connectivity index (χ0) is 23.6. The molecule has 1 heterocycles. The van der Waals surface area contributed by atoms with Crippen LogP contribution in [0.25, 0.3) is 0 Å². The van der Waals surface area contributed by atoms with Gasteiger partial charge in [-0.15, -0.1) is 0 Å². The molecule has 0 spiro atoms. The molecule has 170 valence electrons. The Hall–Kier alpha value is -3.42. The number of ether oxygens (including phenoxy) is 2. The second kappa shape index (κ2) is 8.98. The Morgan fingerprint density at radius 2 is 1.78 bits per heavy atom. The van der Waals surface area contributed by atoms with E-state index in [1.165, 1.54) is 5.01 Å². The lowest BCUT2D eigenvalue weighted by molar-refractivity contribution is 0.0357. The summed E-state index contributed by atoms with van der Waals surface area (Å²) in [5.74, 6) is 0.155. The molecule has 2 aromatic carbocycles. The number of nitrogens with one attached hydrogen (secondary N) is 1. The van der Waals surface area contributed by atoms with Crippen LogP contribution in [0, 0.1) is 25.7 Å². The van der Waals surface area contributed by atoms with Crippen LogP contribution in [-0.2, 0) is 0 Å². The summed E-state index contributed by atoms with van der Waals surface area (Å²) >= 11 is 0. The Morgan fingerprint density at radius 3 is 2.38 bits per heavy atom. The lowest BCUT2D eigenvalue weighted by Crippen LogP contribution is -2.56. The molecule has 8 nitrogen and oxygen atoms in total. The second-order valence-electron chi connectivity index (χ2n) is 9.06. The summed E-state index contributed by atoms with van der Waals surface area (Å²) in [6.45, 7) is 11.3. The zero-order valence-corrected chi connectivity index (χ0v) is 19.3. The van der Waals surface area contributed by atoms with E-state index in [-0.39, 0.29) is 19.1 Å². The number of hydrogen-bond acceptors (Lipinski definition) is 6. The van der Waals surface area contributed by atoms with Gasteiger partial charge in [0.1, 0.15) is 13.2 Å². The molecule has 1 N–H and O–H groups in total. The topological polar surface area (TPSA) is 97.3 Å². The fourth-order valence-electron chi connectivity index (χ4n) is 3.64. The summed E-state index contributed by atoms with van der Waals surface area (Å²) in [5.41, 5.74) is 5.44. The highest BCUT2D eigenvalue weighted by Crippen LogP contribution is 2.37. The Labute approximate surface area is 187 Å². The highest BCUT2D eigenvalue weighted by Gasteiger charge is 2.31. The number of fused-ring (bicyclic) bond motifs is 1. The van der Waals surface area contributed by atoms with Crippen molar-refractivity contribution in [3.63, 3.8) is 0 Å². The number of nitrogens with zero attached hydrogens (tertiary/aromatic N) is 2. The molecule has 0 aliphatic carbocycles. The first-order chi connectivity index (χ1) is 15.0. The van der Waals surface area contributed by atoms with Crippen LogP contribution in [-0.4, -0.2) is 41.6 Å². The molecular weight excluding hydrogens is 410 g/mol. The van der Waals surface area contributed by atoms with Crippen LogP contribution in [0.15, 0.2) is 35.5 Å². The molecule has 0 bridgehead atoms. The molecule has 0 saturated heterocycles. The molecule has 3 rings (SSSR count). The van der Waals surface area contributed by atoms with Gasteiger partial charge in [0.2, 0.25) is 0 Å². The summed E-state index contributed by atoms with van der Waals surface area (Å²) in [5, 5.41) is 4.21. The maximum atomic E-state index is 13.3. The molecule has 1 atom stereocenters. The third-order valence-corrected chi connectivity index (χ3v) is 5.16. The Kier molecular flexibility index (Phi) is 6.52. The molecule has 0 unspecified atom stereocenters. The maximum absolute atomic E-state index is 13.3. The first-order valence-electron chi connectivity index (χ1n) is 10.5. The largest absolute Gasteiger partial charge is 0.486 e. The van der Waals surface area contributed by atoms with Gasteiger partial charge in [0.05, 0.1) is 5.54 Å². The van der Waals surface area contributed by atoms with Crippen molar-refractivity contribution < 1.29 is 19.1 Å². The Morgan fingerprint density at radius 1 is 1.12 bits per heavy atom. The van der Waals surface area contributed by atoms with Crippen molar-refractivity contribution in [2.24, 2.45) is 5.18 Å². The van der Waals surface area contributed by atoms with Gasteiger partial charge in [0.15, 0.2) is 17.6 Å². The standard InChI is InChI=1S/C24H29N3O5/c1-14-9-15(2)11-17(10-14)23(29)27(24(4,5)6)26-22(28)19-7-8-20-21(16(19)3)32-18(12-25-30)13-31-20/h7-11,18H,12-13H2,1-6H3,(H,26,28)/t18-/m0/s1. The number of rotatable bonds is 4. The number of benzene rings is 2. The van der Waals surface area contributed by atoms with Gasteiger partial charge in [-0.2, -0.15) is 4.91 Å². The number of aryl methyl sites for hydroxylation is 2. The quantitative estimate of drug-likeness (QED) is 0.571. The number of nitroso groups, excluding NO2 is 1. The minimum absolute atomic E-state index is 0.0441. The van der Waals surface area contributed by atoms with Gasteiger partial charge in [-0.25, -0.2) is 5.01 Å². The normalized spacial score (nSPS) is 15.1. The van der Waals surface area contributed by atoms with E-state index in [4.69, 9.17) is 9.47 Å². The van der Waals surface area contributed by atoms with Crippen LogP contribution < -0.4 is 14.9 Å². The van der Waals surface area contributed by atoms with Crippen molar-refractivity contribution in [2.75, 3.05) is 13.2 Å². The third kappa shape index (κ3) is 4.90. The lowest BCUT2D eigenvalue weighted by atomic mass is 10.0. The number of hydrazine groups is 1. The molecular formula is C24H29N3O5. The number of carbonyl (C=O) groups is 2. The van der Waals surface area contributed by atoms with Gasteiger partial charge < -0.3 is 9.47 Å². The molecule has 2 amide bonds.